The smallest absolute Gasteiger partial charge is 0.226 e. The molecule has 1 fully saturated rings. The van der Waals surface area contributed by atoms with Crippen molar-refractivity contribution in [3.63, 3.8) is 0 Å². The van der Waals surface area contributed by atoms with Gasteiger partial charge in [-0.15, -0.1) is 0 Å². The van der Waals surface area contributed by atoms with Crippen molar-refractivity contribution >= 4 is 39.8 Å². The number of aromatic nitrogens is 2. The van der Waals surface area contributed by atoms with Crippen molar-refractivity contribution in [1.82, 2.24) is 14.5 Å². The van der Waals surface area contributed by atoms with E-state index in [1.165, 1.54) is 12.1 Å². The third-order valence-electron chi connectivity index (χ3n) is 5.88. The lowest BCUT2D eigenvalue weighted by Gasteiger charge is -2.14. The lowest BCUT2D eigenvalue weighted by Crippen LogP contribution is -2.38. The lowest BCUT2D eigenvalue weighted by atomic mass is 9.95. The van der Waals surface area contributed by atoms with Crippen molar-refractivity contribution in [3.8, 4) is 0 Å². The van der Waals surface area contributed by atoms with Crippen molar-refractivity contribution < 1.29 is 18.4 Å². The molecule has 0 saturated heterocycles. The van der Waals surface area contributed by atoms with Gasteiger partial charge < -0.3 is 14.5 Å². The summed E-state index contributed by atoms with van der Waals surface area (Å²) in [5.41, 5.74) is 1.57. The number of rotatable bonds is 4. The minimum Gasteiger partial charge on any atom is -0.346 e. The second kappa shape index (κ2) is 7.75. The van der Waals surface area contributed by atoms with Crippen LogP contribution < -0.4 is 5.32 Å². The molecule has 4 rings (SSSR count). The summed E-state index contributed by atoms with van der Waals surface area (Å²) in [6.45, 7) is 0.356. The third kappa shape index (κ3) is 3.59. The Morgan fingerprint density at radius 1 is 1.38 bits per heavy atom. The average Bonchev–Trinajstić information content (AvgIpc) is 3.33. The fraction of sp³-hybridized carbons (Fsp3) is 0.450. The summed E-state index contributed by atoms with van der Waals surface area (Å²) in [6, 6.07) is 2.18. The molecular formula is C20H20BrF2N3O2S. The van der Waals surface area contributed by atoms with Crippen LogP contribution in [0.25, 0.3) is 0 Å². The minimum atomic E-state index is -0.602. The van der Waals surface area contributed by atoms with Crippen LogP contribution in [0.3, 0.4) is 0 Å². The van der Waals surface area contributed by atoms with E-state index in [2.05, 4.69) is 21.2 Å². The number of amides is 1. The Morgan fingerprint density at radius 3 is 2.83 bits per heavy atom. The van der Waals surface area contributed by atoms with Gasteiger partial charge in [0.05, 0.1) is 16.9 Å². The highest BCUT2D eigenvalue weighted by molar-refractivity contribution is 9.10. The van der Waals surface area contributed by atoms with Crippen molar-refractivity contribution in [3.05, 3.63) is 50.0 Å². The van der Waals surface area contributed by atoms with Crippen LogP contribution in [-0.2, 0) is 36.0 Å². The normalized spacial score (nSPS) is 20.9. The van der Waals surface area contributed by atoms with Crippen molar-refractivity contribution in [1.29, 1.82) is 0 Å². The van der Waals surface area contributed by atoms with Gasteiger partial charge in [-0.25, -0.2) is 8.78 Å². The predicted molar refractivity (Wildman–Crippen MR) is 109 cm³/mol. The van der Waals surface area contributed by atoms with E-state index in [4.69, 9.17) is 12.2 Å². The van der Waals surface area contributed by atoms with E-state index in [-0.39, 0.29) is 28.1 Å². The van der Waals surface area contributed by atoms with Crippen LogP contribution in [0.5, 0.6) is 0 Å². The van der Waals surface area contributed by atoms with Crippen LogP contribution in [0, 0.1) is 16.4 Å². The van der Waals surface area contributed by atoms with Crippen LogP contribution in [0.2, 0.25) is 0 Å². The topological polar surface area (TPSA) is 56.0 Å². The maximum Gasteiger partial charge on any atom is 0.226 e. The molecule has 5 nitrogen and oxygen atoms in total. The Bertz CT molecular complexity index is 1080. The summed E-state index contributed by atoms with van der Waals surface area (Å²) >= 11 is 8.61. The summed E-state index contributed by atoms with van der Waals surface area (Å²) in [5.74, 6) is -1.77. The van der Waals surface area contributed by atoms with Gasteiger partial charge in [0, 0.05) is 42.9 Å². The first-order valence-corrected chi connectivity index (χ1v) is 10.7. The first-order chi connectivity index (χ1) is 13.8. The highest BCUT2D eigenvalue weighted by atomic mass is 79.9. The second-order valence-corrected chi connectivity index (χ2v) is 8.88. The molecule has 154 valence electrons. The van der Waals surface area contributed by atoms with Crippen LogP contribution in [-0.4, -0.2) is 26.9 Å². The first kappa shape index (κ1) is 20.4. The predicted octanol–water partition coefficient (Wildman–Crippen LogP) is 3.72. The molecule has 2 heterocycles. The van der Waals surface area contributed by atoms with E-state index in [0.29, 0.717) is 30.6 Å². The standard InChI is InChI=1S/C20H20BrF2N3O2S/c1-25-14(8-17(28)24-13-3-2-4-16(13)27)15-7-10(9-26(15)20(25)29)18-12(22)6-5-11(21)19(18)23/h5-6,10,13H,2-4,7-9H2,1H3,(H,24,28)/t10-,13-/m1/s1. The van der Waals surface area contributed by atoms with Gasteiger partial charge in [0.15, 0.2) is 10.6 Å². The van der Waals surface area contributed by atoms with Gasteiger partial charge in [0.25, 0.3) is 0 Å². The maximum atomic E-state index is 14.6. The minimum absolute atomic E-state index is 0.0343. The van der Waals surface area contributed by atoms with E-state index in [9.17, 15) is 18.4 Å². The molecule has 0 spiro atoms. The molecule has 1 aromatic heterocycles. The zero-order valence-electron chi connectivity index (χ0n) is 15.8. The number of carbonyl (C=O) groups is 2. The molecule has 2 atom stereocenters. The van der Waals surface area contributed by atoms with Gasteiger partial charge in [0.1, 0.15) is 11.6 Å². The Hall–Kier alpha value is -1.87. The van der Waals surface area contributed by atoms with Gasteiger partial charge in [-0.2, -0.15) is 0 Å². The Morgan fingerprint density at radius 2 is 2.14 bits per heavy atom. The fourth-order valence-electron chi connectivity index (χ4n) is 4.39. The molecular weight excluding hydrogens is 464 g/mol. The number of Topliss-reactive ketones (excluding diaryl/α,β-unsaturated/α-hetero) is 1. The number of nitrogens with zero attached hydrogens (tertiary/aromatic N) is 2. The van der Waals surface area contributed by atoms with Gasteiger partial charge in [-0.3, -0.25) is 9.59 Å². The SMILES string of the molecule is Cn1c(CC(=O)N[C@@H]2CCCC2=O)c2n(c1=S)C[C@H](c1c(F)ccc(Br)c1F)C2. The summed E-state index contributed by atoms with van der Waals surface area (Å²) < 4.78 is 33.3. The Labute approximate surface area is 180 Å². The second-order valence-electron chi connectivity index (χ2n) is 7.66. The molecule has 2 aromatic rings. The number of fused-ring (bicyclic) bond motifs is 1. The molecule has 0 radical (unpaired) electrons. The molecule has 1 amide bonds. The highest BCUT2D eigenvalue weighted by Gasteiger charge is 2.33. The number of imidazole rings is 1. The summed E-state index contributed by atoms with van der Waals surface area (Å²) in [6.07, 6.45) is 2.42. The number of halogens is 3. The molecule has 9 heteroatoms. The molecule has 0 bridgehead atoms. The quantitative estimate of drug-likeness (QED) is 0.532. The number of hydrogen-bond donors (Lipinski definition) is 1. The largest absolute Gasteiger partial charge is 0.346 e. The van der Waals surface area contributed by atoms with E-state index in [1.54, 1.807) is 11.6 Å². The van der Waals surface area contributed by atoms with Crippen LogP contribution in [0.1, 0.15) is 42.1 Å². The van der Waals surface area contributed by atoms with Crippen LogP contribution in [0.15, 0.2) is 16.6 Å². The van der Waals surface area contributed by atoms with E-state index >= 15 is 0 Å². The first-order valence-electron chi connectivity index (χ1n) is 9.50. The van der Waals surface area contributed by atoms with Gasteiger partial charge in [-0.1, -0.05) is 0 Å². The molecule has 29 heavy (non-hydrogen) atoms. The molecule has 1 aromatic carbocycles. The number of ketones is 1. The van der Waals surface area contributed by atoms with Crippen molar-refractivity contribution in [2.75, 3.05) is 0 Å². The average molecular weight is 484 g/mol. The van der Waals surface area contributed by atoms with Gasteiger partial charge in [0.2, 0.25) is 5.91 Å². The van der Waals surface area contributed by atoms with Crippen LogP contribution in [0.4, 0.5) is 8.78 Å². The summed E-state index contributed by atoms with van der Waals surface area (Å²) in [4.78, 5) is 24.3. The molecule has 1 aliphatic heterocycles. The zero-order valence-corrected chi connectivity index (χ0v) is 18.2. The molecule has 2 aliphatic rings. The monoisotopic (exact) mass is 483 g/mol. The van der Waals surface area contributed by atoms with Gasteiger partial charge >= 0.3 is 0 Å². The van der Waals surface area contributed by atoms with Crippen molar-refractivity contribution in [2.24, 2.45) is 7.05 Å². The number of nitrogens with one attached hydrogen (secondary N) is 1. The van der Waals surface area contributed by atoms with E-state index < -0.39 is 23.6 Å². The Balaban J connectivity index is 1.59. The third-order valence-corrected chi connectivity index (χ3v) is 6.99. The van der Waals surface area contributed by atoms with Gasteiger partial charge in [-0.05, 0) is 59.5 Å². The highest BCUT2D eigenvalue weighted by Crippen LogP contribution is 2.37. The molecule has 1 N–H and O–H groups in total. The van der Waals surface area contributed by atoms with Crippen molar-refractivity contribution in [2.45, 2.75) is 50.6 Å². The molecule has 0 unspecified atom stereocenters. The van der Waals surface area contributed by atoms with Crippen LogP contribution >= 0.6 is 28.1 Å². The van der Waals surface area contributed by atoms with E-state index in [0.717, 1.165) is 17.8 Å². The number of carbonyl (C=O) groups excluding carboxylic acids is 2. The van der Waals surface area contributed by atoms with E-state index in [1.807, 2.05) is 4.57 Å². The molecule has 1 aliphatic carbocycles. The number of hydrogen-bond acceptors (Lipinski definition) is 3. The fourth-order valence-corrected chi connectivity index (χ4v) is 5.03. The zero-order chi connectivity index (χ0) is 20.9. The Kier molecular flexibility index (Phi) is 5.46. The number of benzene rings is 1. The lowest BCUT2D eigenvalue weighted by molar-refractivity contribution is -0.126. The maximum absolute atomic E-state index is 14.6. The summed E-state index contributed by atoms with van der Waals surface area (Å²) in [5, 5.41) is 2.80. The molecule has 1 saturated carbocycles. The summed E-state index contributed by atoms with van der Waals surface area (Å²) in [7, 11) is 1.78.